The highest BCUT2D eigenvalue weighted by molar-refractivity contribution is 7.89. The van der Waals surface area contributed by atoms with E-state index in [1.54, 1.807) is 0 Å². The van der Waals surface area contributed by atoms with E-state index in [-0.39, 0.29) is 16.5 Å². The van der Waals surface area contributed by atoms with Crippen LogP contribution in [0.15, 0.2) is 34.3 Å². The smallest absolute Gasteiger partial charge is 0.240 e. The molecule has 1 aromatic carbocycles. The fourth-order valence-electron chi connectivity index (χ4n) is 1.89. The third-order valence-electron chi connectivity index (χ3n) is 2.94. The van der Waals surface area contributed by atoms with E-state index in [1.807, 2.05) is 0 Å². The number of nitrogens with one attached hydrogen (secondary N) is 2. The molecule has 100 valence electrons. The summed E-state index contributed by atoms with van der Waals surface area (Å²) in [6.07, 6.45) is 0. The fraction of sp³-hybridized carbons (Fsp3) is 0.364. The van der Waals surface area contributed by atoms with Crippen molar-refractivity contribution in [2.45, 2.75) is 10.9 Å². The van der Waals surface area contributed by atoms with E-state index in [0.717, 1.165) is 0 Å². The summed E-state index contributed by atoms with van der Waals surface area (Å²) in [7, 11) is -3.70. The molecule has 1 heterocycles. The molecule has 0 aromatic heterocycles. The van der Waals surface area contributed by atoms with Crippen LogP contribution < -0.4 is 10.0 Å². The van der Waals surface area contributed by atoms with E-state index in [4.69, 9.17) is 5.26 Å². The molecule has 0 spiro atoms. The van der Waals surface area contributed by atoms with Crippen LogP contribution in [0, 0.1) is 22.2 Å². The average Bonchev–Trinajstić information content (AvgIpc) is 2.85. The van der Waals surface area contributed by atoms with Crippen molar-refractivity contribution in [3.63, 3.8) is 0 Å². The Balaban J connectivity index is 2.18. The van der Waals surface area contributed by atoms with Gasteiger partial charge in [-0.3, -0.25) is 0 Å². The molecule has 1 aliphatic heterocycles. The molecule has 1 saturated heterocycles. The normalized spacial score (nSPS) is 22.9. The molecule has 0 saturated carbocycles. The Morgan fingerprint density at radius 3 is 2.58 bits per heavy atom. The number of hydrogen-bond acceptors (Lipinski definition) is 6. The van der Waals surface area contributed by atoms with Crippen molar-refractivity contribution in [3.8, 4) is 6.07 Å². The number of nitroso groups, excluding NO2 is 1. The van der Waals surface area contributed by atoms with E-state index >= 15 is 0 Å². The molecule has 2 atom stereocenters. The van der Waals surface area contributed by atoms with Gasteiger partial charge < -0.3 is 5.32 Å². The lowest BCUT2D eigenvalue weighted by Crippen LogP contribution is -2.39. The first-order valence-electron chi connectivity index (χ1n) is 5.63. The molecule has 0 unspecified atom stereocenters. The van der Waals surface area contributed by atoms with Crippen LogP contribution in [0.1, 0.15) is 0 Å². The Bertz CT molecular complexity index is 606. The summed E-state index contributed by atoms with van der Waals surface area (Å²) < 4.78 is 26.7. The summed E-state index contributed by atoms with van der Waals surface area (Å²) in [4.78, 5) is 10.3. The third-order valence-corrected chi connectivity index (χ3v) is 4.44. The lowest BCUT2D eigenvalue weighted by molar-refractivity contribution is 0.534. The van der Waals surface area contributed by atoms with E-state index in [1.165, 1.54) is 24.3 Å². The van der Waals surface area contributed by atoms with Crippen LogP contribution in [-0.2, 0) is 10.0 Å². The number of sulfonamides is 1. The van der Waals surface area contributed by atoms with Gasteiger partial charge in [0, 0.05) is 13.1 Å². The Kier molecular flexibility index (Phi) is 3.90. The van der Waals surface area contributed by atoms with Crippen molar-refractivity contribution in [1.82, 2.24) is 10.0 Å². The summed E-state index contributed by atoms with van der Waals surface area (Å²) in [6, 6.07) is 6.89. The molecular weight excluding hydrogens is 268 g/mol. The van der Waals surface area contributed by atoms with Crippen molar-refractivity contribution in [2.24, 2.45) is 11.1 Å². The number of rotatable bonds is 4. The van der Waals surface area contributed by atoms with Gasteiger partial charge in [0.25, 0.3) is 0 Å². The van der Waals surface area contributed by atoms with Crippen molar-refractivity contribution in [3.05, 3.63) is 29.2 Å². The first-order valence-corrected chi connectivity index (χ1v) is 7.11. The number of hydrogen-bond donors (Lipinski definition) is 2. The Labute approximate surface area is 110 Å². The standard InChI is InChI=1S/C11H12N4O3S/c12-5-8-6-13-7-11(8)15-19(17,18)10-3-1-9(14-16)2-4-10/h1-4,8,11,13,15H,6-7H2/t8-,11-/m1/s1. The lowest BCUT2D eigenvalue weighted by atomic mass is 10.1. The summed E-state index contributed by atoms with van der Waals surface area (Å²) in [5.41, 5.74) is 0.163. The Morgan fingerprint density at radius 2 is 2.00 bits per heavy atom. The maximum Gasteiger partial charge on any atom is 0.240 e. The number of benzene rings is 1. The zero-order valence-electron chi connectivity index (χ0n) is 9.91. The highest BCUT2D eigenvalue weighted by Gasteiger charge is 2.31. The van der Waals surface area contributed by atoms with Crippen LogP contribution in [0.4, 0.5) is 5.69 Å². The minimum absolute atomic E-state index is 0.0449. The van der Waals surface area contributed by atoms with Gasteiger partial charge >= 0.3 is 0 Å². The maximum absolute atomic E-state index is 12.1. The van der Waals surface area contributed by atoms with Crippen molar-refractivity contribution in [1.29, 1.82) is 5.26 Å². The van der Waals surface area contributed by atoms with Crippen molar-refractivity contribution >= 4 is 15.7 Å². The van der Waals surface area contributed by atoms with Crippen LogP contribution in [0.2, 0.25) is 0 Å². The zero-order valence-corrected chi connectivity index (χ0v) is 10.7. The molecule has 0 radical (unpaired) electrons. The largest absolute Gasteiger partial charge is 0.314 e. The molecule has 19 heavy (non-hydrogen) atoms. The lowest BCUT2D eigenvalue weighted by Gasteiger charge is -2.14. The highest BCUT2D eigenvalue weighted by atomic mass is 32.2. The summed E-state index contributed by atoms with van der Waals surface area (Å²) in [6.45, 7) is 0.892. The third kappa shape index (κ3) is 2.96. The highest BCUT2D eigenvalue weighted by Crippen LogP contribution is 2.17. The minimum Gasteiger partial charge on any atom is -0.314 e. The molecule has 0 amide bonds. The first-order chi connectivity index (χ1) is 9.06. The molecule has 0 aliphatic carbocycles. The Morgan fingerprint density at radius 1 is 1.32 bits per heavy atom. The zero-order chi connectivity index (χ0) is 13.9. The molecule has 8 heteroatoms. The quantitative estimate of drug-likeness (QED) is 0.779. The van der Waals surface area contributed by atoms with Gasteiger partial charge in [-0.25, -0.2) is 13.1 Å². The van der Waals surface area contributed by atoms with Crippen LogP contribution in [0.5, 0.6) is 0 Å². The average molecular weight is 280 g/mol. The summed E-state index contributed by atoms with van der Waals surface area (Å²) in [5, 5.41) is 14.6. The second-order valence-electron chi connectivity index (χ2n) is 4.21. The van der Waals surface area contributed by atoms with E-state index < -0.39 is 16.1 Å². The monoisotopic (exact) mass is 280 g/mol. The van der Waals surface area contributed by atoms with Gasteiger partial charge in [-0.2, -0.15) is 5.26 Å². The second kappa shape index (κ2) is 5.44. The maximum atomic E-state index is 12.1. The molecule has 7 nitrogen and oxygen atoms in total. The van der Waals surface area contributed by atoms with Crippen LogP contribution in [-0.4, -0.2) is 27.5 Å². The molecule has 0 bridgehead atoms. The van der Waals surface area contributed by atoms with Crippen LogP contribution in [0.3, 0.4) is 0 Å². The van der Waals surface area contributed by atoms with Crippen molar-refractivity contribution in [2.75, 3.05) is 13.1 Å². The van der Waals surface area contributed by atoms with Gasteiger partial charge in [-0.05, 0) is 29.4 Å². The van der Waals surface area contributed by atoms with Gasteiger partial charge in [0.2, 0.25) is 10.0 Å². The van der Waals surface area contributed by atoms with Crippen LogP contribution >= 0.6 is 0 Å². The first kappa shape index (κ1) is 13.6. The summed E-state index contributed by atoms with van der Waals surface area (Å²) in [5.74, 6) is -0.384. The topological polar surface area (TPSA) is 111 Å². The van der Waals surface area contributed by atoms with Gasteiger partial charge in [0.15, 0.2) is 0 Å². The number of nitrogens with zero attached hydrogens (tertiary/aromatic N) is 2. The van der Waals surface area contributed by atoms with Gasteiger partial charge in [0.1, 0.15) is 5.69 Å². The fourth-order valence-corrected chi connectivity index (χ4v) is 3.17. The molecule has 2 N–H and O–H groups in total. The van der Waals surface area contributed by atoms with Crippen molar-refractivity contribution < 1.29 is 8.42 Å². The van der Waals surface area contributed by atoms with Gasteiger partial charge in [-0.15, -0.1) is 4.91 Å². The molecule has 2 rings (SSSR count). The van der Waals surface area contributed by atoms with Gasteiger partial charge in [-0.1, -0.05) is 0 Å². The van der Waals surface area contributed by atoms with Crippen LogP contribution in [0.25, 0.3) is 0 Å². The second-order valence-corrected chi connectivity index (χ2v) is 5.92. The molecule has 1 fully saturated rings. The Hall–Kier alpha value is -1.82. The SMILES string of the molecule is N#C[C@@H]1CNC[C@H]1NS(=O)(=O)c1ccc(N=O)cc1. The molecule has 1 aliphatic rings. The molecule has 1 aromatic rings. The van der Waals surface area contributed by atoms with E-state index in [9.17, 15) is 13.3 Å². The van der Waals surface area contributed by atoms with E-state index in [0.29, 0.717) is 13.1 Å². The summed E-state index contributed by atoms with van der Waals surface area (Å²) >= 11 is 0. The number of nitriles is 1. The minimum atomic E-state index is -3.70. The predicted molar refractivity (Wildman–Crippen MR) is 68.0 cm³/mol. The van der Waals surface area contributed by atoms with Gasteiger partial charge in [0.05, 0.1) is 22.9 Å². The van der Waals surface area contributed by atoms with E-state index in [2.05, 4.69) is 21.3 Å². The predicted octanol–water partition coefficient (Wildman–Crippen LogP) is 0.474. The molecular formula is C11H12N4O3S.